The van der Waals surface area contributed by atoms with E-state index in [0.717, 1.165) is 12.1 Å². The molecule has 1 atom stereocenters. The van der Waals surface area contributed by atoms with Gasteiger partial charge in [0.05, 0.1) is 19.3 Å². The van der Waals surface area contributed by atoms with Crippen LogP contribution in [0, 0.1) is 11.6 Å². The Hall–Kier alpha value is -2.39. The number of aliphatic hydroxyl groups is 1. The number of amides is 1. The number of halogens is 2. The second-order valence-electron chi connectivity index (χ2n) is 4.28. The summed E-state index contributed by atoms with van der Waals surface area (Å²) in [5.74, 6) is -1.96. The molecule has 0 radical (unpaired) electrons. The highest BCUT2D eigenvalue weighted by atomic mass is 19.1. The zero-order valence-corrected chi connectivity index (χ0v) is 10.8. The first-order valence-corrected chi connectivity index (χ1v) is 6.01. The highest BCUT2D eigenvalue weighted by Crippen LogP contribution is 2.13. The number of nitrogens with one attached hydrogen (secondary N) is 1. The third-order valence-electron chi connectivity index (χ3n) is 2.71. The number of carbonyl (C=O) groups is 1. The van der Waals surface area contributed by atoms with Crippen LogP contribution in [0.1, 0.15) is 5.56 Å². The lowest BCUT2D eigenvalue weighted by molar-refractivity contribution is -0.118. The van der Waals surface area contributed by atoms with Crippen molar-refractivity contribution in [3.8, 4) is 0 Å². The van der Waals surface area contributed by atoms with Crippen molar-refractivity contribution in [2.45, 2.75) is 12.6 Å². The van der Waals surface area contributed by atoms with Gasteiger partial charge in [0.1, 0.15) is 17.7 Å². The molecule has 0 saturated carbocycles. The molecule has 4 N–H and O–H groups in total. The number of benzene rings is 1. The first kappa shape index (κ1) is 15.0. The highest BCUT2D eigenvalue weighted by Gasteiger charge is 2.15. The number of nitrogens with two attached hydrogens (primary N) is 1. The number of hydrogen-bond donors (Lipinski definition) is 3. The Balaban J connectivity index is 2.09. The minimum absolute atomic E-state index is 0.0700. The van der Waals surface area contributed by atoms with E-state index in [4.69, 9.17) is 10.8 Å². The molecule has 0 bridgehead atoms. The van der Waals surface area contributed by atoms with Gasteiger partial charge in [-0.25, -0.2) is 13.5 Å². The van der Waals surface area contributed by atoms with Crippen molar-refractivity contribution in [2.24, 2.45) is 5.73 Å². The number of aromatic nitrogens is 3. The van der Waals surface area contributed by atoms with Crippen LogP contribution in [0.5, 0.6) is 0 Å². The van der Waals surface area contributed by atoms with Gasteiger partial charge in [0.15, 0.2) is 5.82 Å². The van der Waals surface area contributed by atoms with Crippen LogP contribution in [0.3, 0.4) is 0 Å². The molecule has 9 heteroatoms. The molecule has 0 aliphatic rings. The second kappa shape index (κ2) is 6.37. The summed E-state index contributed by atoms with van der Waals surface area (Å²) in [6.07, 6.45) is 1.30. The van der Waals surface area contributed by atoms with E-state index in [1.807, 2.05) is 0 Å². The molecule has 0 fully saturated rings. The van der Waals surface area contributed by atoms with Gasteiger partial charge in [0, 0.05) is 5.56 Å². The predicted octanol–water partition coefficient (Wildman–Crippen LogP) is -0.137. The van der Waals surface area contributed by atoms with Gasteiger partial charge in [-0.15, -0.1) is 5.10 Å². The summed E-state index contributed by atoms with van der Waals surface area (Å²) >= 11 is 0. The Morgan fingerprint density at radius 1 is 1.43 bits per heavy atom. The summed E-state index contributed by atoms with van der Waals surface area (Å²) in [5, 5.41) is 18.3. The third-order valence-corrected chi connectivity index (χ3v) is 2.71. The van der Waals surface area contributed by atoms with Crippen molar-refractivity contribution in [3.05, 3.63) is 41.6 Å². The van der Waals surface area contributed by atoms with E-state index >= 15 is 0 Å². The quantitative estimate of drug-likeness (QED) is 0.712. The molecule has 112 valence electrons. The van der Waals surface area contributed by atoms with E-state index in [2.05, 4.69) is 15.6 Å². The number of rotatable bonds is 5. The fourth-order valence-corrected chi connectivity index (χ4v) is 1.58. The number of aliphatic hydroxyl groups excluding tert-OH is 1. The van der Waals surface area contributed by atoms with E-state index in [9.17, 15) is 13.6 Å². The Bertz CT molecular complexity index is 626. The van der Waals surface area contributed by atoms with Gasteiger partial charge in [-0.3, -0.25) is 4.79 Å². The Labute approximate surface area is 118 Å². The summed E-state index contributed by atoms with van der Waals surface area (Å²) in [6.45, 7) is -0.687. The van der Waals surface area contributed by atoms with Crippen LogP contribution < -0.4 is 11.1 Å². The first-order chi connectivity index (χ1) is 10.0. The van der Waals surface area contributed by atoms with Gasteiger partial charge < -0.3 is 16.2 Å². The van der Waals surface area contributed by atoms with Crippen LogP contribution in [-0.2, 0) is 11.3 Å². The molecule has 0 aliphatic heterocycles. The van der Waals surface area contributed by atoms with E-state index in [-0.39, 0.29) is 17.9 Å². The van der Waals surface area contributed by atoms with Crippen molar-refractivity contribution >= 4 is 11.7 Å². The van der Waals surface area contributed by atoms with Crippen LogP contribution in [0.15, 0.2) is 24.4 Å². The molecule has 2 rings (SSSR count). The van der Waals surface area contributed by atoms with Crippen molar-refractivity contribution < 1.29 is 18.7 Å². The van der Waals surface area contributed by atoms with Crippen LogP contribution in [0.25, 0.3) is 0 Å². The average Bonchev–Trinajstić information content (AvgIpc) is 2.89. The molecule has 2 aromatic rings. The molecule has 1 aromatic carbocycles. The van der Waals surface area contributed by atoms with E-state index in [1.165, 1.54) is 16.9 Å². The molecule has 0 saturated heterocycles. The minimum Gasteiger partial charge on any atom is -0.394 e. The summed E-state index contributed by atoms with van der Waals surface area (Å²) in [4.78, 5) is 11.4. The van der Waals surface area contributed by atoms with Crippen molar-refractivity contribution in [1.82, 2.24) is 15.0 Å². The number of carbonyl (C=O) groups excluding carboxylic acids is 1. The normalized spacial score (nSPS) is 12.2. The van der Waals surface area contributed by atoms with Crippen LogP contribution >= 0.6 is 0 Å². The maximum Gasteiger partial charge on any atom is 0.244 e. The minimum atomic E-state index is -1.08. The smallest absolute Gasteiger partial charge is 0.244 e. The number of hydrogen-bond acceptors (Lipinski definition) is 5. The van der Waals surface area contributed by atoms with Gasteiger partial charge in [0.25, 0.3) is 0 Å². The van der Waals surface area contributed by atoms with Crippen LogP contribution in [0.2, 0.25) is 0 Å². The summed E-state index contributed by atoms with van der Waals surface area (Å²) < 4.78 is 28.1. The molecule has 0 spiro atoms. The second-order valence-corrected chi connectivity index (χ2v) is 4.28. The topological polar surface area (TPSA) is 106 Å². The van der Waals surface area contributed by atoms with Gasteiger partial charge >= 0.3 is 0 Å². The summed E-state index contributed by atoms with van der Waals surface area (Å²) in [7, 11) is 0. The third kappa shape index (κ3) is 3.58. The zero-order valence-electron chi connectivity index (χ0n) is 10.8. The Kier molecular flexibility index (Phi) is 4.55. The summed E-state index contributed by atoms with van der Waals surface area (Å²) in [6, 6.07) is 2.45. The molecule has 21 heavy (non-hydrogen) atoms. The zero-order chi connectivity index (χ0) is 15.4. The molecular weight excluding hydrogens is 284 g/mol. The Morgan fingerprint density at radius 2 is 2.10 bits per heavy atom. The molecule has 1 aromatic heterocycles. The molecule has 1 unspecified atom stereocenters. The first-order valence-electron chi connectivity index (χ1n) is 6.01. The van der Waals surface area contributed by atoms with Gasteiger partial charge in [-0.05, 0) is 12.1 Å². The van der Waals surface area contributed by atoms with Crippen molar-refractivity contribution in [3.63, 3.8) is 0 Å². The lowest BCUT2D eigenvalue weighted by Crippen LogP contribution is -2.38. The SMILES string of the molecule is NC(CO)C(=O)Nc1cn(Cc2c(F)cccc2F)nn1. The molecular formula is C12H13F2N5O2. The molecule has 7 nitrogen and oxygen atoms in total. The van der Waals surface area contributed by atoms with E-state index < -0.39 is 30.2 Å². The number of anilines is 1. The monoisotopic (exact) mass is 297 g/mol. The molecule has 1 heterocycles. The molecule has 0 aliphatic carbocycles. The Morgan fingerprint density at radius 3 is 2.71 bits per heavy atom. The lowest BCUT2D eigenvalue weighted by atomic mass is 10.2. The van der Waals surface area contributed by atoms with E-state index in [1.54, 1.807) is 0 Å². The van der Waals surface area contributed by atoms with Crippen molar-refractivity contribution in [2.75, 3.05) is 11.9 Å². The molecule has 1 amide bonds. The lowest BCUT2D eigenvalue weighted by Gasteiger charge is -2.06. The van der Waals surface area contributed by atoms with E-state index in [0.29, 0.717) is 0 Å². The predicted molar refractivity (Wildman–Crippen MR) is 69.2 cm³/mol. The van der Waals surface area contributed by atoms with Gasteiger partial charge in [-0.2, -0.15) is 0 Å². The van der Waals surface area contributed by atoms with Crippen molar-refractivity contribution in [1.29, 1.82) is 0 Å². The highest BCUT2D eigenvalue weighted by molar-refractivity contribution is 5.93. The van der Waals surface area contributed by atoms with Crippen LogP contribution in [0.4, 0.5) is 14.6 Å². The largest absolute Gasteiger partial charge is 0.394 e. The van der Waals surface area contributed by atoms with Gasteiger partial charge in [-0.1, -0.05) is 11.3 Å². The fraction of sp³-hybridized carbons (Fsp3) is 0.250. The average molecular weight is 297 g/mol. The fourth-order valence-electron chi connectivity index (χ4n) is 1.58. The maximum atomic E-state index is 13.5. The number of nitrogens with zero attached hydrogens (tertiary/aromatic N) is 3. The van der Waals surface area contributed by atoms with Crippen LogP contribution in [-0.4, -0.2) is 38.7 Å². The maximum absolute atomic E-state index is 13.5. The standard InChI is InChI=1S/C12H13F2N5O2/c13-8-2-1-3-9(14)7(8)4-19-5-11(17-18-19)16-12(21)10(15)6-20/h1-3,5,10,20H,4,6,15H2,(H,16,21). The van der Waals surface area contributed by atoms with Gasteiger partial charge in [0.2, 0.25) is 5.91 Å². The summed E-state index contributed by atoms with van der Waals surface area (Å²) in [5.41, 5.74) is 5.16.